The molecule has 2 aromatic rings. The van der Waals surface area contributed by atoms with Gasteiger partial charge >= 0.3 is 0 Å². The molecule has 0 aliphatic heterocycles. The lowest BCUT2D eigenvalue weighted by molar-refractivity contribution is -0.00688. The number of hydrogen-bond donors (Lipinski definition) is 1. The lowest BCUT2D eigenvalue weighted by Crippen LogP contribution is -2.48. The van der Waals surface area contributed by atoms with E-state index < -0.39 is 10.0 Å². The van der Waals surface area contributed by atoms with E-state index in [1.165, 1.54) is 49.9 Å². The average Bonchev–Trinajstić information content (AvgIpc) is 3.02. The number of hydrogen-bond acceptors (Lipinski definition) is 4. The maximum Gasteiger partial charge on any atom is 0.263 e. The molecule has 4 bridgehead atoms. The lowest BCUT2D eigenvalue weighted by atomic mass is 9.49. The van der Waals surface area contributed by atoms with Crippen molar-refractivity contribution in [1.82, 2.24) is 4.98 Å². The summed E-state index contributed by atoms with van der Waals surface area (Å²) in [5, 5.41) is 2.59. The number of rotatable bonds is 4. The molecule has 4 aliphatic carbocycles. The van der Waals surface area contributed by atoms with Crippen LogP contribution >= 0.6 is 33.9 Å². The molecular formula is C19H21IN2O2S2. The van der Waals surface area contributed by atoms with Crippen LogP contribution in [0.3, 0.4) is 0 Å². The van der Waals surface area contributed by atoms with Gasteiger partial charge in [-0.2, -0.15) is 0 Å². The van der Waals surface area contributed by atoms with Gasteiger partial charge in [-0.3, -0.25) is 4.72 Å². The fraction of sp³-hybridized carbons (Fsp3) is 0.526. The van der Waals surface area contributed by atoms with Gasteiger partial charge < -0.3 is 0 Å². The van der Waals surface area contributed by atoms with E-state index in [0.717, 1.165) is 27.0 Å². The maximum atomic E-state index is 12.6. The first-order valence-corrected chi connectivity index (χ1v) is 12.6. The Balaban J connectivity index is 1.40. The minimum Gasteiger partial charge on any atom is -0.255 e. The molecule has 0 saturated heterocycles. The van der Waals surface area contributed by atoms with Crippen LogP contribution in [0.2, 0.25) is 0 Å². The topological polar surface area (TPSA) is 59.1 Å². The lowest BCUT2D eigenvalue weighted by Gasteiger charge is -2.56. The molecule has 0 spiro atoms. The molecule has 4 saturated carbocycles. The number of anilines is 1. The Labute approximate surface area is 172 Å². The molecule has 4 nitrogen and oxygen atoms in total. The van der Waals surface area contributed by atoms with Crippen LogP contribution in [0.25, 0.3) is 0 Å². The van der Waals surface area contributed by atoms with Crippen molar-refractivity contribution < 1.29 is 8.42 Å². The van der Waals surface area contributed by atoms with Crippen LogP contribution in [0.1, 0.15) is 44.2 Å². The molecule has 4 fully saturated rings. The van der Waals surface area contributed by atoms with Gasteiger partial charge in [-0.1, -0.05) is 0 Å². The normalized spacial score (nSPS) is 32.7. The highest BCUT2D eigenvalue weighted by Gasteiger charge is 2.52. The van der Waals surface area contributed by atoms with E-state index in [2.05, 4.69) is 32.7 Å². The van der Waals surface area contributed by atoms with Crippen LogP contribution in [-0.2, 0) is 15.4 Å². The minimum absolute atomic E-state index is 0.206. The first-order valence-electron chi connectivity index (χ1n) is 9.16. The SMILES string of the molecule is O=S(=O)(Nc1nc(C23CC4CC(CC(C4)C2)C3)cs1)c1ccc(I)cc1. The summed E-state index contributed by atoms with van der Waals surface area (Å²) in [5.41, 5.74) is 1.33. The highest BCUT2D eigenvalue weighted by Crippen LogP contribution is 2.60. The van der Waals surface area contributed by atoms with E-state index in [4.69, 9.17) is 4.98 Å². The fourth-order valence-corrected chi connectivity index (χ4v) is 8.22. The minimum atomic E-state index is -3.58. The van der Waals surface area contributed by atoms with Crippen LogP contribution in [-0.4, -0.2) is 13.4 Å². The Morgan fingerprint density at radius 3 is 2.19 bits per heavy atom. The van der Waals surface area contributed by atoms with Gasteiger partial charge in [0, 0.05) is 14.4 Å². The molecule has 4 aliphatic rings. The summed E-state index contributed by atoms with van der Waals surface area (Å²) >= 11 is 3.59. The summed E-state index contributed by atoms with van der Waals surface area (Å²) in [4.78, 5) is 5.04. The molecule has 0 atom stereocenters. The average molecular weight is 500 g/mol. The van der Waals surface area contributed by atoms with Crippen molar-refractivity contribution >= 4 is 49.1 Å². The highest BCUT2D eigenvalue weighted by molar-refractivity contribution is 14.1. The number of nitrogens with zero attached hydrogens (tertiary/aromatic N) is 1. The number of halogens is 1. The Bertz CT molecular complexity index is 901. The van der Waals surface area contributed by atoms with Crippen molar-refractivity contribution in [1.29, 1.82) is 0 Å². The highest BCUT2D eigenvalue weighted by atomic mass is 127. The molecule has 7 heteroatoms. The van der Waals surface area contributed by atoms with E-state index in [-0.39, 0.29) is 10.3 Å². The fourth-order valence-electron chi connectivity index (χ4n) is 5.78. The zero-order chi connectivity index (χ0) is 17.9. The van der Waals surface area contributed by atoms with Crippen LogP contribution in [0, 0.1) is 21.3 Å². The summed E-state index contributed by atoms with van der Waals surface area (Å²) in [6, 6.07) is 6.88. The molecule has 1 aromatic carbocycles. The van der Waals surface area contributed by atoms with Crippen LogP contribution in [0.5, 0.6) is 0 Å². The molecule has 0 unspecified atom stereocenters. The summed E-state index contributed by atoms with van der Waals surface area (Å²) < 4.78 is 28.9. The van der Waals surface area contributed by atoms with Crippen LogP contribution in [0.4, 0.5) is 5.13 Å². The number of aromatic nitrogens is 1. The van der Waals surface area contributed by atoms with E-state index in [0.29, 0.717) is 5.13 Å². The molecule has 0 amide bonds. The van der Waals surface area contributed by atoms with Crippen molar-refractivity contribution in [3.63, 3.8) is 0 Å². The monoisotopic (exact) mass is 500 g/mol. The van der Waals surface area contributed by atoms with E-state index in [1.807, 2.05) is 0 Å². The predicted octanol–water partition coefficient (Wildman–Crippen LogP) is 5.02. The first kappa shape index (κ1) is 17.4. The molecule has 1 aromatic heterocycles. The third-order valence-electron chi connectivity index (χ3n) is 6.43. The van der Waals surface area contributed by atoms with Gasteiger partial charge in [0.2, 0.25) is 0 Å². The third-order valence-corrected chi connectivity index (χ3v) is 9.39. The van der Waals surface area contributed by atoms with Crippen molar-refractivity contribution in [2.24, 2.45) is 17.8 Å². The van der Waals surface area contributed by atoms with Crippen molar-refractivity contribution in [3.8, 4) is 0 Å². The second kappa shape index (κ2) is 6.17. The summed E-state index contributed by atoms with van der Waals surface area (Å²) in [6.45, 7) is 0. The zero-order valence-electron chi connectivity index (χ0n) is 14.3. The third kappa shape index (κ3) is 2.99. The summed E-state index contributed by atoms with van der Waals surface area (Å²) in [6.07, 6.45) is 7.92. The van der Waals surface area contributed by atoms with Gasteiger partial charge in [-0.25, -0.2) is 13.4 Å². The van der Waals surface area contributed by atoms with Gasteiger partial charge in [0.25, 0.3) is 10.0 Å². The van der Waals surface area contributed by atoms with Crippen molar-refractivity contribution in [2.45, 2.75) is 48.8 Å². The second-order valence-corrected chi connectivity index (χ2v) is 12.1. The standard InChI is InChI=1S/C19H21IN2O2S2/c20-15-1-3-16(4-2-15)26(23,24)22-18-21-17(11-25-18)19-8-12-5-13(9-19)7-14(6-12)10-19/h1-4,11-14H,5-10H2,(H,21,22). The Hall–Kier alpha value is -0.670. The van der Waals surface area contributed by atoms with E-state index >= 15 is 0 Å². The van der Waals surface area contributed by atoms with E-state index in [1.54, 1.807) is 24.3 Å². The molecule has 6 rings (SSSR count). The molecule has 1 heterocycles. The Kier molecular flexibility index (Phi) is 4.14. The number of thiazole rings is 1. The van der Waals surface area contributed by atoms with Gasteiger partial charge in [0.15, 0.2) is 5.13 Å². The van der Waals surface area contributed by atoms with E-state index in [9.17, 15) is 8.42 Å². The Morgan fingerprint density at radius 2 is 1.62 bits per heavy atom. The number of nitrogens with one attached hydrogen (secondary N) is 1. The van der Waals surface area contributed by atoms with Gasteiger partial charge in [-0.15, -0.1) is 11.3 Å². The summed E-state index contributed by atoms with van der Waals surface area (Å²) in [7, 11) is -3.58. The zero-order valence-corrected chi connectivity index (χ0v) is 18.1. The van der Waals surface area contributed by atoms with Crippen LogP contribution < -0.4 is 4.72 Å². The number of sulfonamides is 1. The smallest absolute Gasteiger partial charge is 0.255 e. The summed E-state index contributed by atoms with van der Waals surface area (Å²) in [5.74, 6) is 2.57. The van der Waals surface area contributed by atoms with Crippen molar-refractivity contribution in [2.75, 3.05) is 4.72 Å². The van der Waals surface area contributed by atoms with Gasteiger partial charge in [-0.05, 0) is 103 Å². The first-order chi connectivity index (χ1) is 12.4. The van der Waals surface area contributed by atoms with Gasteiger partial charge in [0.1, 0.15) is 0 Å². The predicted molar refractivity (Wildman–Crippen MR) is 112 cm³/mol. The second-order valence-electron chi connectivity index (χ2n) is 8.30. The number of benzene rings is 1. The van der Waals surface area contributed by atoms with Crippen LogP contribution in [0.15, 0.2) is 34.5 Å². The largest absolute Gasteiger partial charge is 0.263 e. The van der Waals surface area contributed by atoms with Gasteiger partial charge in [0.05, 0.1) is 10.6 Å². The molecule has 26 heavy (non-hydrogen) atoms. The molecule has 138 valence electrons. The quantitative estimate of drug-likeness (QED) is 0.601. The van der Waals surface area contributed by atoms with Crippen molar-refractivity contribution in [3.05, 3.63) is 38.9 Å². The molecule has 0 radical (unpaired) electrons. The molecular weight excluding hydrogens is 479 g/mol. The molecule has 1 N–H and O–H groups in total. The maximum absolute atomic E-state index is 12.6. The Morgan fingerprint density at radius 1 is 1.04 bits per heavy atom.